The summed E-state index contributed by atoms with van der Waals surface area (Å²) >= 11 is 5.79. The van der Waals surface area contributed by atoms with Crippen LogP contribution in [0.3, 0.4) is 0 Å². The Kier molecular flexibility index (Phi) is 5.65. The molecule has 3 heterocycles. The lowest BCUT2D eigenvalue weighted by Gasteiger charge is -2.42. The molecule has 2 aromatic rings. The molecule has 0 spiro atoms. The number of halogens is 2. The van der Waals surface area contributed by atoms with Crippen molar-refractivity contribution < 1.29 is 9.50 Å². The van der Waals surface area contributed by atoms with Gasteiger partial charge in [-0.15, -0.1) is 0 Å². The van der Waals surface area contributed by atoms with E-state index in [0.29, 0.717) is 22.9 Å². The molecule has 8 heteroatoms. The van der Waals surface area contributed by atoms with E-state index >= 15 is 0 Å². The first kappa shape index (κ1) is 19.9. The Morgan fingerprint density at radius 2 is 2.04 bits per heavy atom. The van der Waals surface area contributed by atoms with Crippen LogP contribution in [0.1, 0.15) is 38.1 Å². The number of aliphatic hydroxyl groups excluding tert-OH is 1. The van der Waals surface area contributed by atoms with Crippen molar-refractivity contribution in [1.29, 1.82) is 0 Å². The van der Waals surface area contributed by atoms with Crippen LogP contribution in [-0.4, -0.2) is 39.2 Å². The number of hydrogen-bond donors (Lipinski definition) is 2. The van der Waals surface area contributed by atoms with Gasteiger partial charge in [0.15, 0.2) is 16.8 Å². The topological polar surface area (TPSA) is 88.2 Å². The molecule has 27 heavy (non-hydrogen) atoms. The molecule has 0 unspecified atom stereocenters. The highest BCUT2D eigenvalue weighted by molar-refractivity contribution is 6.29. The lowest BCUT2D eigenvalue weighted by atomic mass is 9.75. The van der Waals surface area contributed by atoms with Gasteiger partial charge in [0, 0.05) is 30.9 Å². The molecule has 3 N–H and O–H groups in total. The average molecular weight is 394 g/mol. The molecule has 1 aliphatic heterocycles. The lowest BCUT2D eigenvalue weighted by molar-refractivity contribution is 0.204. The minimum absolute atomic E-state index is 0.0925. The van der Waals surface area contributed by atoms with Crippen LogP contribution >= 0.6 is 11.6 Å². The molecule has 0 radical (unpaired) electrons. The lowest BCUT2D eigenvalue weighted by Crippen LogP contribution is -2.47. The van der Waals surface area contributed by atoms with E-state index in [0.717, 1.165) is 25.9 Å². The Balaban J connectivity index is 1.95. The normalized spacial score (nSPS) is 17.8. The Morgan fingerprint density at radius 1 is 1.37 bits per heavy atom. The van der Waals surface area contributed by atoms with E-state index in [1.165, 1.54) is 12.3 Å². The van der Waals surface area contributed by atoms with Crippen LogP contribution in [0.25, 0.3) is 11.3 Å². The molecule has 3 rings (SSSR count). The summed E-state index contributed by atoms with van der Waals surface area (Å²) in [6.07, 6.45) is 3.30. The predicted octanol–water partition coefficient (Wildman–Crippen LogP) is 3.09. The molecule has 2 aromatic heterocycles. The van der Waals surface area contributed by atoms with Gasteiger partial charge in [-0.25, -0.2) is 19.3 Å². The van der Waals surface area contributed by atoms with Gasteiger partial charge in [-0.1, -0.05) is 18.5 Å². The summed E-state index contributed by atoms with van der Waals surface area (Å²) < 4.78 is 14.4. The molecule has 0 aromatic carbocycles. The van der Waals surface area contributed by atoms with Crippen molar-refractivity contribution in [3.8, 4) is 11.3 Å². The zero-order valence-electron chi connectivity index (χ0n) is 15.8. The molecular weight excluding hydrogens is 369 g/mol. The second-order valence-corrected chi connectivity index (χ2v) is 7.84. The van der Waals surface area contributed by atoms with Gasteiger partial charge in [0.1, 0.15) is 5.69 Å². The second kappa shape index (κ2) is 7.66. The molecule has 0 amide bonds. The third-order valence-electron chi connectivity index (χ3n) is 5.68. The summed E-state index contributed by atoms with van der Waals surface area (Å²) in [5, 5.41) is 9.63. The maximum absolute atomic E-state index is 14.4. The standard InChI is InChI=1S/C19H25ClFN5O/c1-11-16(13-4-7-23-17(20)15(13)21)25-14(10-27)18(24-11)26-8-5-19(3,6-9-26)12(2)22/h4,7,12,27H,5-6,8-10,22H2,1-3H3/t12-/m0/s1. The van der Waals surface area contributed by atoms with Gasteiger partial charge in [-0.2, -0.15) is 0 Å². The number of aryl methyl sites for hydroxylation is 1. The second-order valence-electron chi connectivity index (χ2n) is 7.48. The zero-order valence-corrected chi connectivity index (χ0v) is 16.6. The molecule has 0 saturated carbocycles. The Hall–Kier alpha value is -1.83. The predicted molar refractivity (Wildman–Crippen MR) is 104 cm³/mol. The first-order chi connectivity index (χ1) is 12.8. The average Bonchev–Trinajstić information content (AvgIpc) is 2.64. The van der Waals surface area contributed by atoms with Crippen molar-refractivity contribution in [2.75, 3.05) is 18.0 Å². The van der Waals surface area contributed by atoms with E-state index in [1.807, 2.05) is 6.92 Å². The van der Waals surface area contributed by atoms with Crippen molar-refractivity contribution >= 4 is 17.4 Å². The van der Waals surface area contributed by atoms with Crippen molar-refractivity contribution in [3.05, 3.63) is 34.6 Å². The molecule has 1 aliphatic rings. The van der Waals surface area contributed by atoms with Crippen LogP contribution in [0.15, 0.2) is 12.3 Å². The maximum Gasteiger partial charge on any atom is 0.169 e. The number of rotatable bonds is 4. The smallest absolute Gasteiger partial charge is 0.169 e. The number of nitrogens with zero attached hydrogens (tertiary/aromatic N) is 4. The summed E-state index contributed by atoms with van der Waals surface area (Å²) in [5.74, 6) is 0.00455. The fraction of sp³-hybridized carbons (Fsp3) is 0.526. The molecule has 6 nitrogen and oxygen atoms in total. The third-order valence-corrected chi connectivity index (χ3v) is 5.94. The maximum atomic E-state index is 14.4. The fourth-order valence-electron chi connectivity index (χ4n) is 3.44. The minimum atomic E-state index is -0.640. The highest BCUT2D eigenvalue weighted by Gasteiger charge is 2.34. The molecule has 1 atom stereocenters. The SMILES string of the molecule is Cc1nc(N2CCC(C)([C@H](C)N)CC2)c(CO)nc1-c1ccnc(Cl)c1F. The summed E-state index contributed by atoms with van der Waals surface area (Å²) in [6, 6.07) is 1.63. The molecule has 0 aliphatic carbocycles. The van der Waals surface area contributed by atoms with Gasteiger partial charge in [0.05, 0.1) is 18.0 Å². The Bertz CT molecular complexity index is 837. The van der Waals surface area contributed by atoms with Crippen LogP contribution in [-0.2, 0) is 6.61 Å². The van der Waals surface area contributed by atoms with E-state index in [4.69, 9.17) is 17.3 Å². The molecule has 146 valence electrons. The first-order valence-electron chi connectivity index (χ1n) is 9.06. The van der Waals surface area contributed by atoms with E-state index in [-0.39, 0.29) is 28.8 Å². The largest absolute Gasteiger partial charge is 0.390 e. The number of piperidine rings is 1. The van der Waals surface area contributed by atoms with Gasteiger partial charge >= 0.3 is 0 Å². The van der Waals surface area contributed by atoms with Gasteiger partial charge in [-0.3, -0.25) is 0 Å². The molecule has 1 fully saturated rings. The summed E-state index contributed by atoms with van der Waals surface area (Å²) in [5.41, 5.74) is 7.82. The highest BCUT2D eigenvalue weighted by Crippen LogP contribution is 2.36. The van der Waals surface area contributed by atoms with Crippen LogP contribution < -0.4 is 10.6 Å². The summed E-state index contributed by atoms with van der Waals surface area (Å²) in [4.78, 5) is 15.0. The number of hydrogen-bond acceptors (Lipinski definition) is 6. The van der Waals surface area contributed by atoms with Crippen LogP contribution in [0.2, 0.25) is 5.15 Å². The molecule has 1 saturated heterocycles. The summed E-state index contributed by atoms with van der Waals surface area (Å²) in [7, 11) is 0. The third kappa shape index (κ3) is 3.77. The Labute approximate surface area is 163 Å². The number of nitrogens with two attached hydrogens (primary N) is 1. The summed E-state index contributed by atoms with van der Waals surface area (Å²) in [6.45, 7) is 7.32. The van der Waals surface area contributed by atoms with Gasteiger partial charge in [0.2, 0.25) is 0 Å². The van der Waals surface area contributed by atoms with Crippen molar-refractivity contribution in [1.82, 2.24) is 15.0 Å². The fourth-order valence-corrected chi connectivity index (χ4v) is 3.60. The van der Waals surface area contributed by atoms with Crippen molar-refractivity contribution in [3.63, 3.8) is 0 Å². The van der Waals surface area contributed by atoms with Crippen molar-refractivity contribution in [2.24, 2.45) is 11.1 Å². The quantitative estimate of drug-likeness (QED) is 0.776. The molecular formula is C19H25ClFN5O. The number of aliphatic hydroxyl groups is 1. The minimum Gasteiger partial charge on any atom is -0.390 e. The van der Waals surface area contributed by atoms with Crippen LogP contribution in [0, 0.1) is 18.2 Å². The number of pyridine rings is 1. The number of aromatic nitrogens is 3. The molecule has 0 bridgehead atoms. The van der Waals surface area contributed by atoms with E-state index < -0.39 is 5.82 Å². The first-order valence-corrected chi connectivity index (χ1v) is 9.44. The van der Waals surface area contributed by atoms with E-state index in [1.54, 1.807) is 6.92 Å². The highest BCUT2D eigenvalue weighted by atomic mass is 35.5. The van der Waals surface area contributed by atoms with Crippen molar-refractivity contribution in [2.45, 2.75) is 46.3 Å². The van der Waals surface area contributed by atoms with Gasteiger partial charge in [0.25, 0.3) is 0 Å². The van der Waals surface area contributed by atoms with E-state index in [2.05, 4.69) is 26.8 Å². The monoisotopic (exact) mass is 393 g/mol. The van der Waals surface area contributed by atoms with Gasteiger partial charge in [-0.05, 0) is 38.2 Å². The zero-order chi connectivity index (χ0) is 19.8. The number of anilines is 1. The van der Waals surface area contributed by atoms with Crippen LogP contribution in [0.5, 0.6) is 0 Å². The Morgan fingerprint density at radius 3 is 2.63 bits per heavy atom. The van der Waals surface area contributed by atoms with Gasteiger partial charge < -0.3 is 15.7 Å². The van der Waals surface area contributed by atoms with E-state index in [9.17, 15) is 9.50 Å². The van der Waals surface area contributed by atoms with Crippen LogP contribution in [0.4, 0.5) is 10.2 Å².